The predicted octanol–water partition coefficient (Wildman–Crippen LogP) is 2.37. The van der Waals surface area contributed by atoms with Gasteiger partial charge in [0, 0.05) is 12.7 Å². The first-order valence-corrected chi connectivity index (χ1v) is 6.54. The second-order valence-corrected chi connectivity index (χ2v) is 5.11. The largest absolute Gasteiger partial charge is 0.293 e. The average molecular weight is 224 g/mol. The quantitative estimate of drug-likeness (QED) is 0.739. The number of thioether (sulfide) groups is 1. The zero-order valence-corrected chi connectivity index (χ0v) is 9.80. The van der Waals surface area contributed by atoms with Gasteiger partial charge in [0.25, 0.3) is 0 Å². The lowest BCUT2D eigenvalue weighted by Gasteiger charge is -2.18. The van der Waals surface area contributed by atoms with Crippen molar-refractivity contribution in [2.45, 2.75) is 38.0 Å². The first-order chi connectivity index (χ1) is 7.31. The van der Waals surface area contributed by atoms with E-state index >= 15 is 0 Å². The Morgan fingerprint density at radius 2 is 2.53 bits per heavy atom. The molecule has 1 atom stereocenters. The Balaban J connectivity index is 2.05. The molecule has 2 rings (SSSR count). The number of nitrogens with zero attached hydrogens (tertiary/aromatic N) is 2. The molecule has 0 bridgehead atoms. The van der Waals surface area contributed by atoms with Crippen LogP contribution in [0.1, 0.15) is 36.5 Å². The molecule has 1 aliphatic rings. The van der Waals surface area contributed by atoms with Crippen molar-refractivity contribution < 1.29 is 4.79 Å². The van der Waals surface area contributed by atoms with E-state index in [1.54, 1.807) is 22.6 Å². The minimum atomic E-state index is 0.174. The summed E-state index contributed by atoms with van der Waals surface area (Å²) in [5.74, 6) is 1.39. The van der Waals surface area contributed by atoms with Gasteiger partial charge < -0.3 is 0 Å². The number of hydrogen-bond donors (Lipinski definition) is 0. The summed E-state index contributed by atoms with van der Waals surface area (Å²) >= 11 is 1.80. The zero-order chi connectivity index (χ0) is 10.7. The minimum absolute atomic E-state index is 0.174. The van der Waals surface area contributed by atoms with Gasteiger partial charge >= 0.3 is 0 Å². The molecular formula is C11H16N2OS. The molecule has 2 heterocycles. The molecule has 0 aromatic carbocycles. The fourth-order valence-corrected chi connectivity index (χ4v) is 3.07. The van der Waals surface area contributed by atoms with E-state index in [1.165, 1.54) is 12.8 Å². The summed E-state index contributed by atoms with van der Waals surface area (Å²) in [5.41, 5.74) is 0.774. The molecule has 0 saturated carbocycles. The van der Waals surface area contributed by atoms with E-state index in [9.17, 15) is 4.79 Å². The maximum atomic E-state index is 12.1. The van der Waals surface area contributed by atoms with Crippen LogP contribution in [0.15, 0.2) is 12.4 Å². The van der Waals surface area contributed by atoms with Gasteiger partial charge in [-0.15, -0.1) is 0 Å². The van der Waals surface area contributed by atoms with Gasteiger partial charge in [0.15, 0.2) is 5.78 Å². The van der Waals surface area contributed by atoms with Crippen LogP contribution in [0.3, 0.4) is 0 Å². The van der Waals surface area contributed by atoms with Gasteiger partial charge in [-0.2, -0.15) is 16.9 Å². The van der Waals surface area contributed by atoms with Crippen LogP contribution in [0.25, 0.3) is 0 Å². The summed E-state index contributed by atoms with van der Waals surface area (Å²) in [5, 5.41) is 4.31. The zero-order valence-electron chi connectivity index (χ0n) is 8.98. The molecule has 0 radical (unpaired) electrons. The van der Waals surface area contributed by atoms with E-state index in [0.717, 1.165) is 24.3 Å². The molecule has 0 N–H and O–H groups in total. The van der Waals surface area contributed by atoms with Crippen molar-refractivity contribution in [1.29, 1.82) is 0 Å². The molecule has 1 aliphatic heterocycles. The Hall–Kier alpha value is -0.770. The van der Waals surface area contributed by atoms with Crippen LogP contribution in [0.2, 0.25) is 0 Å². The average Bonchev–Trinajstić information content (AvgIpc) is 2.78. The van der Waals surface area contributed by atoms with Gasteiger partial charge in [0.1, 0.15) is 0 Å². The van der Waals surface area contributed by atoms with Gasteiger partial charge in [-0.1, -0.05) is 6.42 Å². The van der Waals surface area contributed by atoms with Crippen LogP contribution in [0, 0.1) is 0 Å². The SMILES string of the molecule is CCn1cc(C(=O)C2CCCCS2)cn1. The van der Waals surface area contributed by atoms with Crippen LogP contribution in [0.5, 0.6) is 0 Å². The fraction of sp³-hybridized carbons (Fsp3) is 0.636. The van der Waals surface area contributed by atoms with Gasteiger partial charge in [-0.25, -0.2) is 0 Å². The minimum Gasteiger partial charge on any atom is -0.293 e. The van der Waals surface area contributed by atoms with Gasteiger partial charge in [0.2, 0.25) is 0 Å². The summed E-state index contributed by atoms with van der Waals surface area (Å²) in [6.45, 7) is 2.85. The van der Waals surface area contributed by atoms with E-state index < -0.39 is 0 Å². The Kier molecular flexibility index (Phi) is 3.46. The number of ketones is 1. The van der Waals surface area contributed by atoms with E-state index in [0.29, 0.717) is 0 Å². The highest BCUT2D eigenvalue weighted by atomic mass is 32.2. The van der Waals surface area contributed by atoms with Crippen molar-refractivity contribution in [3.63, 3.8) is 0 Å². The molecule has 1 saturated heterocycles. The normalized spacial score (nSPS) is 21.5. The Morgan fingerprint density at radius 3 is 3.13 bits per heavy atom. The first-order valence-electron chi connectivity index (χ1n) is 5.49. The molecule has 0 aliphatic carbocycles. The molecule has 1 unspecified atom stereocenters. The van der Waals surface area contributed by atoms with Crippen molar-refractivity contribution in [2.24, 2.45) is 0 Å². The number of carbonyl (C=O) groups is 1. The Labute approximate surface area is 94.2 Å². The molecule has 1 aromatic rings. The van der Waals surface area contributed by atoms with Crippen molar-refractivity contribution in [3.8, 4) is 0 Å². The molecule has 0 amide bonds. The van der Waals surface area contributed by atoms with Crippen molar-refractivity contribution in [1.82, 2.24) is 9.78 Å². The van der Waals surface area contributed by atoms with E-state index in [1.807, 2.05) is 13.1 Å². The van der Waals surface area contributed by atoms with Gasteiger partial charge in [-0.05, 0) is 25.5 Å². The summed E-state index contributed by atoms with van der Waals surface area (Å²) in [6, 6.07) is 0. The van der Waals surface area contributed by atoms with Crippen LogP contribution in [0.4, 0.5) is 0 Å². The second-order valence-electron chi connectivity index (χ2n) is 3.80. The number of carbonyl (C=O) groups excluding carboxylic acids is 1. The standard InChI is InChI=1S/C11H16N2OS/c1-2-13-8-9(7-12-13)11(14)10-5-3-4-6-15-10/h7-8,10H,2-6H2,1H3. The lowest BCUT2D eigenvalue weighted by atomic mass is 10.1. The molecule has 4 heteroatoms. The van der Waals surface area contributed by atoms with Crippen LogP contribution in [-0.2, 0) is 6.54 Å². The van der Waals surface area contributed by atoms with Gasteiger partial charge in [0.05, 0.1) is 17.0 Å². The lowest BCUT2D eigenvalue weighted by molar-refractivity contribution is 0.0984. The molecule has 0 spiro atoms. The summed E-state index contributed by atoms with van der Waals surface area (Å²) in [4.78, 5) is 12.1. The molecular weight excluding hydrogens is 208 g/mol. The molecule has 15 heavy (non-hydrogen) atoms. The number of rotatable bonds is 3. The number of Topliss-reactive ketones (excluding diaryl/α,β-unsaturated/α-hetero) is 1. The highest BCUT2D eigenvalue weighted by Gasteiger charge is 2.23. The monoisotopic (exact) mass is 224 g/mol. The second kappa shape index (κ2) is 4.84. The molecule has 1 fully saturated rings. The van der Waals surface area contributed by atoms with Crippen LogP contribution >= 0.6 is 11.8 Å². The van der Waals surface area contributed by atoms with Crippen molar-refractivity contribution in [2.75, 3.05) is 5.75 Å². The first kappa shape index (κ1) is 10.7. The third kappa shape index (κ3) is 2.43. The smallest absolute Gasteiger partial charge is 0.178 e. The summed E-state index contributed by atoms with van der Waals surface area (Å²) in [6.07, 6.45) is 7.02. The third-order valence-electron chi connectivity index (χ3n) is 2.71. The fourth-order valence-electron chi connectivity index (χ4n) is 1.80. The van der Waals surface area contributed by atoms with Gasteiger partial charge in [-0.3, -0.25) is 9.48 Å². The Morgan fingerprint density at radius 1 is 1.67 bits per heavy atom. The van der Waals surface area contributed by atoms with Crippen molar-refractivity contribution >= 4 is 17.5 Å². The van der Waals surface area contributed by atoms with E-state index in [2.05, 4.69) is 5.10 Å². The van der Waals surface area contributed by atoms with E-state index in [4.69, 9.17) is 0 Å². The van der Waals surface area contributed by atoms with Crippen LogP contribution < -0.4 is 0 Å². The van der Waals surface area contributed by atoms with Crippen LogP contribution in [-0.4, -0.2) is 26.6 Å². The Bertz CT molecular complexity index is 342. The number of aromatic nitrogens is 2. The topological polar surface area (TPSA) is 34.9 Å². The third-order valence-corrected chi connectivity index (χ3v) is 4.09. The highest BCUT2D eigenvalue weighted by Crippen LogP contribution is 2.27. The van der Waals surface area contributed by atoms with E-state index in [-0.39, 0.29) is 11.0 Å². The molecule has 3 nitrogen and oxygen atoms in total. The molecule has 82 valence electrons. The summed E-state index contributed by atoms with van der Waals surface area (Å²) < 4.78 is 1.81. The molecule has 1 aromatic heterocycles. The maximum absolute atomic E-state index is 12.1. The number of aryl methyl sites for hydroxylation is 1. The van der Waals surface area contributed by atoms with Crippen molar-refractivity contribution in [3.05, 3.63) is 18.0 Å². The lowest BCUT2D eigenvalue weighted by Crippen LogP contribution is -2.20. The predicted molar refractivity (Wildman–Crippen MR) is 62.3 cm³/mol. The number of hydrogen-bond acceptors (Lipinski definition) is 3. The highest BCUT2D eigenvalue weighted by molar-refractivity contribution is 8.00. The summed E-state index contributed by atoms with van der Waals surface area (Å²) in [7, 11) is 0. The maximum Gasteiger partial charge on any atom is 0.178 e.